The summed E-state index contributed by atoms with van der Waals surface area (Å²) in [6, 6.07) is 49.4. The molecule has 0 spiro atoms. The molecule has 6 aromatic rings. The van der Waals surface area contributed by atoms with Crippen molar-refractivity contribution in [3.63, 3.8) is 0 Å². The molecule has 6 aromatic carbocycles. The molecule has 0 aromatic heterocycles. The molecule has 180 valence electrons. The topological polar surface area (TPSA) is 12.5 Å². The first-order chi connectivity index (χ1) is 18.3. The third kappa shape index (κ3) is 5.19. The lowest BCUT2D eigenvalue weighted by Crippen LogP contribution is -2.18. The van der Waals surface area contributed by atoms with Gasteiger partial charge in [0.1, 0.15) is 5.75 Å². The maximum absolute atomic E-state index is 6.02. The first-order valence-corrected chi connectivity index (χ1v) is 12.8. The van der Waals surface area contributed by atoms with Gasteiger partial charge in [0.25, 0.3) is 0 Å². The van der Waals surface area contributed by atoms with Gasteiger partial charge in [-0.15, -0.1) is 0 Å². The molecule has 37 heavy (non-hydrogen) atoms. The highest BCUT2D eigenvalue weighted by Crippen LogP contribution is 2.33. The van der Waals surface area contributed by atoms with Crippen molar-refractivity contribution in [2.75, 3.05) is 11.5 Å². The molecule has 0 saturated carbocycles. The zero-order valence-electron chi connectivity index (χ0n) is 20.8. The van der Waals surface area contributed by atoms with E-state index >= 15 is 0 Å². The second-order valence-electron chi connectivity index (χ2n) is 9.33. The molecule has 0 bridgehead atoms. The van der Waals surface area contributed by atoms with Crippen LogP contribution in [0.3, 0.4) is 0 Å². The summed E-state index contributed by atoms with van der Waals surface area (Å²) in [5, 5.41) is 5.00. The quantitative estimate of drug-likeness (QED) is 0.216. The van der Waals surface area contributed by atoms with Crippen LogP contribution in [-0.2, 0) is 13.0 Å². The highest BCUT2D eigenvalue weighted by atomic mass is 16.5. The monoisotopic (exact) mass is 479 g/mol. The van der Waals surface area contributed by atoms with Crippen molar-refractivity contribution >= 4 is 32.9 Å². The largest absolute Gasteiger partial charge is 0.493 e. The number of benzene rings is 6. The molecule has 0 atom stereocenters. The Labute approximate surface area is 218 Å². The average molecular weight is 480 g/mol. The van der Waals surface area contributed by atoms with Crippen molar-refractivity contribution in [1.82, 2.24) is 0 Å². The van der Waals surface area contributed by atoms with Crippen molar-refractivity contribution in [2.24, 2.45) is 0 Å². The Morgan fingerprint density at radius 1 is 0.459 bits per heavy atom. The Morgan fingerprint density at radius 3 is 1.59 bits per heavy atom. The van der Waals surface area contributed by atoms with Crippen molar-refractivity contribution in [3.05, 3.63) is 151 Å². The lowest BCUT2D eigenvalue weighted by Gasteiger charge is -2.27. The molecular weight excluding hydrogens is 450 g/mol. The molecule has 0 aliphatic rings. The summed E-state index contributed by atoms with van der Waals surface area (Å²) >= 11 is 0. The van der Waals surface area contributed by atoms with Crippen molar-refractivity contribution in [1.29, 1.82) is 0 Å². The molecule has 6 rings (SSSR count). The Balaban J connectivity index is 1.35. The molecular formula is C35H29NO. The third-order valence-corrected chi connectivity index (χ3v) is 6.92. The molecule has 0 N–H and O–H groups in total. The van der Waals surface area contributed by atoms with Crippen molar-refractivity contribution in [3.8, 4) is 5.75 Å². The van der Waals surface area contributed by atoms with E-state index in [-0.39, 0.29) is 0 Å². The number of anilines is 2. The highest BCUT2D eigenvalue weighted by Gasteiger charge is 2.14. The van der Waals surface area contributed by atoms with Gasteiger partial charge in [0, 0.05) is 24.3 Å². The van der Waals surface area contributed by atoms with Gasteiger partial charge >= 0.3 is 0 Å². The summed E-state index contributed by atoms with van der Waals surface area (Å²) in [5.74, 6) is 0.911. The minimum Gasteiger partial charge on any atom is -0.493 e. The van der Waals surface area contributed by atoms with Gasteiger partial charge in [-0.3, -0.25) is 0 Å². The van der Waals surface area contributed by atoms with E-state index in [4.69, 9.17) is 4.74 Å². The van der Waals surface area contributed by atoms with Gasteiger partial charge in [-0.1, -0.05) is 103 Å². The van der Waals surface area contributed by atoms with Gasteiger partial charge in [0.05, 0.1) is 6.61 Å². The summed E-state index contributed by atoms with van der Waals surface area (Å²) < 4.78 is 6.02. The van der Waals surface area contributed by atoms with E-state index in [1.165, 1.54) is 44.0 Å². The van der Waals surface area contributed by atoms with Crippen LogP contribution in [0.2, 0.25) is 0 Å². The molecule has 0 heterocycles. The predicted molar refractivity (Wildman–Crippen MR) is 156 cm³/mol. The summed E-state index contributed by atoms with van der Waals surface area (Å²) in [6.45, 7) is 1.42. The van der Waals surface area contributed by atoms with E-state index in [9.17, 15) is 0 Å². The first-order valence-electron chi connectivity index (χ1n) is 12.8. The number of fused-ring (bicyclic) bond motifs is 2. The summed E-state index contributed by atoms with van der Waals surface area (Å²) in [4.78, 5) is 2.43. The van der Waals surface area contributed by atoms with Crippen LogP contribution in [-0.4, -0.2) is 6.61 Å². The van der Waals surface area contributed by atoms with Gasteiger partial charge in [-0.2, -0.15) is 0 Å². The van der Waals surface area contributed by atoms with Crippen LogP contribution in [0.1, 0.15) is 11.1 Å². The Hall–Kier alpha value is -4.56. The minimum absolute atomic E-state index is 0.646. The lowest BCUT2D eigenvalue weighted by atomic mass is 10.0. The fraction of sp³-hybridized carbons (Fsp3) is 0.0857. The second-order valence-corrected chi connectivity index (χ2v) is 9.33. The van der Waals surface area contributed by atoms with Crippen LogP contribution in [0.4, 0.5) is 11.4 Å². The van der Waals surface area contributed by atoms with E-state index in [2.05, 4.69) is 114 Å². The summed E-state index contributed by atoms with van der Waals surface area (Å²) in [6.07, 6.45) is 0.856. The highest BCUT2D eigenvalue weighted by molar-refractivity contribution is 5.89. The van der Waals surface area contributed by atoms with Crippen LogP contribution in [0.15, 0.2) is 140 Å². The molecule has 0 amide bonds. The van der Waals surface area contributed by atoms with Crippen LogP contribution >= 0.6 is 0 Å². The normalized spacial score (nSPS) is 11.0. The number of rotatable bonds is 8. The molecule has 0 fully saturated rings. The second kappa shape index (κ2) is 10.6. The van der Waals surface area contributed by atoms with Gasteiger partial charge in [0.15, 0.2) is 0 Å². The number of hydrogen-bond donors (Lipinski definition) is 0. The average Bonchev–Trinajstić information content (AvgIpc) is 2.97. The van der Waals surface area contributed by atoms with Crippen LogP contribution in [0.5, 0.6) is 5.75 Å². The van der Waals surface area contributed by atoms with E-state index in [1.807, 2.05) is 30.3 Å². The molecule has 2 heteroatoms. The number of hydrogen-bond acceptors (Lipinski definition) is 2. The lowest BCUT2D eigenvalue weighted by molar-refractivity contribution is 0.321. The van der Waals surface area contributed by atoms with Crippen molar-refractivity contribution in [2.45, 2.75) is 13.0 Å². The molecule has 0 aliphatic carbocycles. The van der Waals surface area contributed by atoms with Crippen LogP contribution in [0, 0.1) is 0 Å². The van der Waals surface area contributed by atoms with E-state index in [1.54, 1.807) is 0 Å². The minimum atomic E-state index is 0.646. The van der Waals surface area contributed by atoms with Crippen molar-refractivity contribution < 1.29 is 4.74 Å². The standard InChI is InChI=1S/C35H29NO/c1-2-16-35(17-3-1)37-23-22-29-12-6-9-15-32(29)26-36(33-20-18-27-10-4-7-13-30(27)24-33)34-21-19-28-11-5-8-14-31(28)25-34/h1-21,24-25H,22-23,26H2. The van der Waals surface area contributed by atoms with Gasteiger partial charge in [-0.25, -0.2) is 0 Å². The van der Waals surface area contributed by atoms with Gasteiger partial charge in [0.2, 0.25) is 0 Å². The first kappa shape index (κ1) is 22.9. The zero-order chi connectivity index (χ0) is 24.9. The molecule has 0 radical (unpaired) electrons. The van der Waals surface area contributed by atoms with E-state index in [0.29, 0.717) is 6.61 Å². The van der Waals surface area contributed by atoms with E-state index in [0.717, 1.165) is 18.7 Å². The van der Waals surface area contributed by atoms with Gasteiger partial charge < -0.3 is 9.64 Å². The van der Waals surface area contributed by atoms with Crippen LogP contribution < -0.4 is 9.64 Å². The molecule has 2 nitrogen and oxygen atoms in total. The third-order valence-electron chi connectivity index (χ3n) is 6.92. The fourth-order valence-electron chi connectivity index (χ4n) is 4.94. The fourth-order valence-corrected chi connectivity index (χ4v) is 4.94. The molecule has 0 saturated heterocycles. The molecule has 0 aliphatic heterocycles. The van der Waals surface area contributed by atoms with E-state index < -0.39 is 0 Å². The molecule has 0 unspecified atom stereocenters. The number of ether oxygens (including phenoxy) is 1. The summed E-state index contributed by atoms with van der Waals surface area (Å²) in [5.41, 5.74) is 4.99. The number of para-hydroxylation sites is 1. The van der Waals surface area contributed by atoms with Crippen LogP contribution in [0.25, 0.3) is 21.5 Å². The van der Waals surface area contributed by atoms with Gasteiger partial charge in [-0.05, 0) is 69.1 Å². The maximum Gasteiger partial charge on any atom is 0.119 e. The Morgan fingerprint density at radius 2 is 0.973 bits per heavy atom. The Bertz CT molecular complexity index is 1560. The predicted octanol–water partition coefficient (Wildman–Crippen LogP) is 8.95. The maximum atomic E-state index is 6.02. The number of nitrogens with zero attached hydrogens (tertiary/aromatic N) is 1. The smallest absolute Gasteiger partial charge is 0.119 e. The Kier molecular flexibility index (Phi) is 6.55. The summed E-state index contributed by atoms with van der Waals surface area (Å²) in [7, 11) is 0. The SMILES string of the molecule is c1ccc(OCCc2ccccc2CN(c2ccc3ccccc3c2)c2ccc3ccccc3c2)cc1. The zero-order valence-corrected chi connectivity index (χ0v) is 20.8.